The van der Waals surface area contributed by atoms with Gasteiger partial charge in [-0.2, -0.15) is 8.42 Å². The monoisotopic (exact) mass is 485 g/mol. The Morgan fingerprint density at radius 1 is 1.09 bits per heavy atom. The first-order valence-corrected chi connectivity index (χ1v) is 14.0. The number of halogens is 1. The van der Waals surface area contributed by atoms with E-state index in [1.165, 1.54) is 12.1 Å². The van der Waals surface area contributed by atoms with Crippen LogP contribution in [0.5, 0.6) is 0 Å². The molecule has 2 aromatic rings. The summed E-state index contributed by atoms with van der Waals surface area (Å²) < 4.78 is 42.9. The minimum atomic E-state index is -3.49. The lowest BCUT2D eigenvalue weighted by atomic mass is 9.46. The number of allylic oxidation sites excluding steroid dienone is 1. The highest BCUT2D eigenvalue weighted by Crippen LogP contribution is 2.62. The number of nitrogens with zero attached hydrogens (tertiary/aromatic N) is 1. The van der Waals surface area contributed by atoms with Crippen molar-refractivity contribution in [3.63, 3.8) is 0 Å². The minimum absolute atomic E-state index is 0.0660. The second-order valence-electron chi connectivity index (χ2n) is 11.1. The summed E-state index contributed by atoms with van der Waals surface area (Å²) in [5, 5.41) is 0. The van der Waals surface area contributed by atoms with E-state index in [2.05, 4.69) is 44.8 Å². The molecule has 2 fully saturated rings. The van der Waals surface area contributed by atoms with Crippen molar-refractivity contribution in [2.75, 3.05) is 6.26 Å². The van der Waals surface area contributed by atoms with Crippen molar-refractivity contribution >= 4 is 16.2 Å². The fraction of sp³-hybridized carbons (Fsp3) is 0.536. The number of hydrogen-bond acceptors (Lipinski definition) is 4. The average Bonchev–Trinajstić information content (AvgIpc) is 2.75. The van der Waals surface area contributed by atoms with Crippen LogP contribution in [-0.2, 0) is 14.3 Å². The Morgan fingerprint density at radius 3 is 2.50 bits per heavy atom. The Kier molecular flexibility index (Phi) is 6.78. The van der Waals surface area contributed by atoms with Gasteiger partial charge in [-0.1, -0.05) is 52.0 Å². The van der Waals surface area contributed by atoms with Crippen LogP contribution in [0.25, 0.3) is 17.2 Å². The average molecular weight is 486 g/mol. The molecule has 0 N–H and O–H groups in total. The molecule has 6 heteroatoms. The molecule has 0 bridgehead atoms. The molecular formula is C28H36FNO3S. The normalized spacial score (nSPS) is 31.4. The molecule has 1 aromatic carbocycles. The molecule has 184 valence electrons. The zero-order chi connectivity index (χ0) is 24.7. The van der Waals surface area contributed by atoms with Crippen LogP contribution in [0.3, 0.4) is 0 Å². The van der Waals surface area contributed by atoms with Crippen molar-refractivity contribution in [1.82, 2.24) is 4.98 Å². The Morgan fingerprint density at radius 2 is 1.85 bits per heavy atom. The summed E-state index contributed by atoms with van der Waals surface area (Å²) in [6.07, 6.45) is 11.0. The first kappa shape index (κ1) is 25.1. The highest BCUT2D eigenvalue weighted by molar-refractivity contribution is 7.86. The standard InChI is InChI=1S/C28H36FNO3S/c1-19-9-14-25-27(2,3)26(33-34(5,31)32)15-16-28(25,4)24(19)13-12-23-11-10-21(18-30-23)20-7-6-8-22(29)17-20/h6-8,10-13,17-19,24-26H,9,14-16H2,1-5H3/b13-12+/t19-,24+,25+,26+,28-/m0/s1. The van der Waals surface area contributed by atoms with Crippen LogP contribution < -0.4 is 0 Å². The lowest BCUT2D eigenvalue weighted by Gasteiger charge is -2.60. The highest BCUT2D eigenvalue weighted by Gasteiger charge is 2.57. The molecule has 0 saturated heterocycles. The van der Waals surface area contributed by atoms with E-state index in [0.29, 0.717) is 17.8 Å². The van der Waals surface area contributed by atoms with E-state index in [-0.39, 0.29) is 22.8 Å². The van der Waals surface area contributed by atoms with Crippen molar-refractivity contribution in [3.8, 4) is 11.1 Å². The van der Waals surface area contributed by atoms with E-state index >= 15 is 0 Å². The van der Waals surface area contributed by atoms with E-state index in [9.17, 15) is 12.8 Å². The Bertz CT molecular complexity index is 1160. The zero-order valence-electron chi connectivity index (χ0n) is 20.8. The molecule has 0 aliphatic heterocycles. The highest BCUT2D eigenvalue weighted by atomic mass is 32.2. The smallest absolute Gasteiger partial charge is 0.264 e. The number of fused-ring (bicyclic) bond motifs is 1. The van der Waals surface area contributed by atoms with Crippen LogP contribution in [0, 0.1) is 34.4 Å². The van der Waals surface area contributed by atoms with Crippen molar-refractivity contribution in [3.05, 3.63) is 60.2 Å². The molecule has 1 aromatic heterocycles. The van der Waals surface area contributed by atoms with Crippen molar-refractivity contribution in [2.45, 2.75) is 59.5 Å². The summed E-state index contributed by atoms with van der Waals surface area (Å²) in [4.78, 5) is 4.61. The second-order valence-corrected chi connectivity index (χ2v) is 12.7. The number of aromatic nitrogens is 1. The van der Waals surface area contributed by atoms with Crippen molar-refractivity contribution in [2.24, 2.45) is 28.6 Å². The van der Waals surface area contributed by atoms with Gasteiger partial charge >= 0.3 is 0 Å². The van der Waals surface area contributed by atoms with Gasteiger partial charge in [0.05, 0.1) is 18.1 Å². The topological polar surface area (TPSA) is 56.3 Å². The first-order chi connectivity index (χ1) is 15.9. The number of benzene rings is 1. The van der Waals surface area contributed by atoms with Gasteiger partial charge in [0.2, 0.25) is 0 Å². The van der Waals surface area contributed by atoms with Gasteiger partial charge in [0.15, 0.2) is 0 Å². The van der Waals surface area contributed by atoms with Crippen LogP contribution in [0.15, 0.2) is 48.7 Å². The number of pyridine rings is 1. The van der Waals surface area contributed by atoms with Crippen molar-refractivity contribution < 1.29 is 17.0 Å². The van der Waals surface area contributed by atoms with Crippen LogP contribution in [-0.4, -0.2) is 25.8 Å². The lowest BCUT2D eigenvalue weighted by molar-refractivity contribution is -0.128. The van der Waals surface area contributed by atoms with E-state index in [1.54, 1.807) is 12.3 Å². The molecule has 34 heavy (non-hydrogen) atoms. The molecule has 0 amide bonds. The van der Waals surface area contributed by atoms with Gasteiger partial charge in [0.25, 0.3) is 10.1 Å². The van der Waals surface area contributed by atoms with Crippen LogP contribution in [0.1, 0.15) is 59.1 Å². The van der Waals surface area contributed by atoms with Gasteiger partial charge in [0.1, 0.15) is 5.82 Å². The predicted octanol–water partition coefficient (Wildman–Crippen LogP) is 6.73. The number of rotatable bonds is 5. The third kappa shape index (κ3) is 4.99. The fourth-order valence-corrected chi connectivity index (χ4v) is 7.53. The Hall–Kier alpha value is -2.05. The summed E-state index contributed by atoms with van der Waals surface area (Å²) in [6.45, 7) is 9.05. The van der Waals surface area contributed by atoms with Gasteiger partial charge in [-0.25, -0.2) is 4.39 Å². The van der Waals surface area contributed by atoms with Crippen LogP contribution >= 0.6 is 0 Å². The lowest BCUT2D eigenvalue weighted by Crippen LogP contribution is -2.56. The van der Waals surface area contributed by atoms with E-state index in [0.717, 1.165) is 48.8 Å². The second kappa shape index (κ2) is 9.19. The van der Waals surface area contributed by atoms with E-state index in [1.807, 2.05) is 18.2 Å². The summed E-state index contributed by atoms with van der Waals surface area (Å²) in [5.74, 6) is 1.02. The molecule has 2 aliphatic rings. The predicted molar refractivity (Wildman–Crippen MR) is 135 cm³/mol. The minimum Gasteiger partial charge on any atom is -0.266 e. The maximum Gasteiger partial charge on any atom is 0.264 e. The maximum atomic E-state index is 13.6. The number of hydrogen-bond donors (Lipinski definition) is 0. The van der Waals surface area contributed by atoms with Crippen molar-refractivity contribution in [1.29, 1.82) is 0 Å². The van der Waals surface area contributed by atoms with E-state index < -0.39 is 10.1 Å². The summed E-state index contributed by atoms with van der Waals surface area (Å²) in [7, 11) is -3.49. The van der Waals surface area contributed by atoms with Gasteiger partial charge < -0.3 is 0 Å². The van der Waals surface area contributed by atoms with Crippen LogP contribution in [0.4, 0.5) is 4.39 Å². The summed E-state index contributed by atoms with van der Waals surface area (Å²) >= 11 is 0. The van der Waals surface area contributed by atoms with Gasteiger partial charge in [-0.3, -0.25) is 9.17 Å². The molecule has 0 unspecified atom stereocenters. The van der Waals surface area contributed by atoms with E-state index in [4.69, 9.17) is 4.18 Å². The molecule has 5 atom stereocenters. The molecular weight excluding hydrogens is 449 g/mol. The Labute approximate surface area is 203 Å². The van der Waals surface area contributed by atoms with Gasteiger partial charge in [0, 0.05) is 11.8 Å². The molecule has 2 saturated carbocycles. The maximum absolute atomic E-state index is 13.6. The first-order valence-electron chi connectivity index (χ1n) is 12.2. The third-order valence-corrected chi connectivity index (χ3v) is 9.05. The third-order valence-electron chi connectivity index (χ3n) is 8.46. The molecule has 4 rings (SSSR count). The van der Waals surface area contributed by atoms with Gasteiger partial charge in [-0.05, 0) is 84.1 Å². The zero-order valence-corrected chi connectivity index (χ0v) is 21.6. The SMILES string of the molecule is C[C@H]1CC[C@@H]2C(C)(C)[C@H](OS(C)(=O)=O)CC[C@@]2(C)[C@@H]1/C=C/c1ccc(-c2cccc(F)c2)cn1. The summed E-state index contributed by atoms with van der Waals surface area (Å²) in [5.41, 5.74) is 2.42. The quantitative estimate of drug-likeness (QED) is 0.440. The van der Waals surface area contributed by atoms with Gasteiger partial charge in [-0.15, -0.1) is 0 Å². The van der Waals surface area contributed by atoms with Crippen LogP contribution in [0.2, 0.25) is 0 Å². The molecule has 0 spiro atoms. The molecule has 4 nitrogen and oxygen atoms in total. The molecule has 0 radical (unpaired) electrons. The molecule has 2 aliphatic carbocycles. The fourth-order valence-electron chi connectivity index (χ4n) is 6.76. The Balaban J connectivity index is 1.56. The summed E-state index contributed by atoms with van der Waals surface area (Å²) in [6, 6.07) is 10.5. The largest absolute Gasteiger partial charge is 0.266 e. The molecule has 1 heterocycles.